The molecule has 0 saturated carbocycles. The highest BCUT2D eigenvalue weighted by molar-refractivity contribution is 6.30. The molecule has 0 aliphatic carbocycles. The number of rotatable bonds is 4. The molecule has 2 unspecified atom stereocenters. The SMILES string of the molecule is CCN1CCOC(C(NN)c2cccc(Cl)c2)C1. The summed E-state index contributed by atoms with van der Waals surface area (Å²) in [7, 11) is 0. The molecule has 0 aromatic heterocycles. The highest BCUT2D eigenvalue weighted by Gasteiger charge is 2.28. The molecule has 3 N–H and O–H groups in total. The van der Waals surface area contributed by atoms with Crippen LogP contribution in [0.25, 0.3) is 0 Å². The van der Waals surface area contributed by atoms with Gasteiger partial charge in [-0.15, -0.1) is 0 Å². The van der Waals surface area contributed by atoms with Crippen molar-refractivity contribution in [1.82, 2.24) is 10.3 Å². The van der Waals surface area contributed by atoms with Crippen LogP contribution in [0.2, 0.25) is 5.02 Å². The van der Waals surface area contributed by atoms with Gasteiger partial charge in [0.2, 0.25) is 0 Å². The first-order chi connectivity index (χ1) is 8.74. The number of halogens is 1. The lowest BCUT2D eigenvalue weighted by Gasteiger charge is -2.36. The zero-order chi connectivity index (χ0) is 13.0. The molecule has 0 bridgehead atoms. The van der Waals surface area contributed by atoms with Gasteiger partial charge in [-0.1, -0.05) is 30.7 Å². The number of nitrogens with one attached hydrogen (secondary N) is 1. The molecule has 0 amide bonds. The average Bonchev–Trinajstić information content (AvgIpc) is 2.40. The van der Waals surface area contributed by atoms with Crippen molar-refractivity contribution in [2.75, 3.05) is 26.2 Å². The van der Waals surface area contributed by atoms with Crippen molar-refractivity contribution in [2.45, 2.75) is 19.1 Å². The molecule has 2 atom stereocenters. The molecule has 1 heterocycles. The van der Waals surface area contributed by atoms with Crippen molar-refractivity contribution in [3.8, 4) is 0 Å². The zero-order valence-electron chi connectivity index (χ0n) is 10.6. The predicted molar refractivity (Wildman–Crippen MR) is 73.4 cm³/mol. The normalized spacial score (nSPS) is 22.9. The van der Waals surface area contributed by atoms with Crippen molar-refractivity contribution in [3.05, 3.63) is 34.9 Å². The monoisotopic (exact) mass is 269 g/mol. The Kier molecular flexibility index (Phi) is 4.97. The molecule has 1 aliphatic rings. The molecule has 2 rings (SSSR count). The van der Waals surface area contributed by atoms with E-state index in [1.165, 1.54) is 0 Å². The molecule has 1 saturated heterocycles. The van der Waals surface area contributed by atoms with Crippen LogP contribution in [0, 0.1) is 0 Å². The molecule has 4 nitrogen and oxygen atoms in total. The summed E-state index contributed by atoms with van der Waals surface area (Å²) in [6.07, 6.45) is 0.0576. The van der Waals surface area contributed by atoms with Crippen LogP contribution >= 0.6 is 11.6 Å². The van der Waals surface area contributed by atoms with Crippen LogP contribution in [0.1, 0.15) is 18.5 Å². The summed E-state index contributed by atoms with van der Waals surface area (Å²) in [6, 6.07) is 7.71. The molecular weight excluding hydrogens is 250 g/mol. The van der Waals surface area contributed by atoms with Gasteiger partial charge in [-0.25, -0.2) is 0 Å². The first-order valence-electron chi connectivity index (χ1n) is 6.30. The minimum Gasteiger partial charge on any atom is -0.374 e. The number of nitrogens with two attached hydrogens (primary N) is 1. The molecule has 5 heteroatoms. The standard InChI is InChI=1S/C13H20ClN3O/c1-2-17-6-7-18-12(9-17)13(16-15)10-4-3-5-11(14)8-10/h3-5,8,12-13,16H,2,6-7,9,15H2,1H3. The summed E-state index contributed by atoms with van der Waals surface area (Å²) in [6.45, 7) is 5.81. The van der Waals surface area contributed by atoms with Gasteiger partial charge in [0.1, 0.15) is 0 Å². The van der Waals surface area contributed by atoms with Gasteiger partial charge in [-0.3, -0.25) is 16.2 Å². The third-order valence-electron chi connectivity index (χ3n) is 3.38. The van der Waals surface area contributed by atoms with E-state index in [9.17, 15) is 0 Å². The number of morpholine rings is 1. The van der Waals surface area contributed by atoms with Crippen LogP contribution < -0.4 is 11.3 Å². The minimum absolute atomic E-state index is 0.0296. The molecule has 100 valence electrons. The lowest BCUT2D eigenvalue weighted by Crippen LogP contribution is -2.49. The maximum atomic E-state index is 6.02. The van der Waals surface area contributed by atoms with Crippen molar-refractivity contribution in [1.29, 1.82) is 0 Å². The quantitative estimate of drug-likeness (QED) is 0.644. The van der Waals surface area contributed by atoms with Crippen LogP contribution in [0.15, 0.2) is 24.3 Å². The second-order valence-corrected chi connectivity index (χ2v) is 4.94. The van der Waals surface area contributed by atoms with Crippen LogP contribution in [0.4, 0.5) is 0 Å². The first kappa shape index (κ1) is 13.8. The van der Waals surface area contributed by atoms with Crippen molar-refractivity contribution in [2.24, 2.45) is 5.84 Å². The third-order valence-corrected chi connectivity index (χ3v) is 3.62. The smallest absolute Gasteiger partial charge is 0.0909 e. The van der Waals surface area contributed by atoms with E-state index in [0.717, 1.165) is 36.8 Å². The fourth-order valence-corrected chi connectivity index (χ4v) is 2.54. The van der Waals surface area contributed by atoms with Gasteiger partial charge in [0, 0.05) is 18.1 Å². The van der Waals surface area contributed by atoms with E-state index < -0.39 is 0 Å². The highest BCUT2D eigenvalue weighted by atomic mass is 35.5. The molecule has 0 radical (unpaired) electrons. The number of hydrogen-bond acceptors (Lipinski definition) is 4. The van der Waals surface area contributed by atoms with Gasteiger partial charge >= 0.3 is 0 Å². The topological polar surface area (TPSA) is 50.5 Å². The lowest BCUT2D eigenvalue weighted by molar-refractivity contribution is -0.0456. The molecule has 1 aromatic rings. The predicted octanol–water partition coefficient (Wildman–Crippen LogP) is 1.57. The number of hydrogen-bond donors (Lipinski definition) is 2. The van der Waals surface area contributed by atoms with Crippen molar-refractivity contribution in [3.63, 3.8) is 0 Å². The molecule has 18 heavy (non-hydrogen) atoms. The fourth-order valence-electron chi connectivity index (χ4n) is 2.34. The summed E-state index contributed by atoms with van der Waals surface area (Å²) < 4.78 is 5.83. The van der Waals surface area contributed by atoms with Gasteiger partial charge in [0.25, 0.3) is 0 Å². The first-order valence-corrected chi connectivity index (χ1v) is 6.68. The van der Waals surface area contributed by atoms with Crippen molar-refractivity contribution >= 4 is 11.6 Å². The van der Waals surface area contributed by atoms with Crippen LogP contribution in [-0.2, 0) is 4.74 Å². The number of benzene rings is 1. The largest absolute Gasteiger partial charge is 0.374 e. The fraction of sp³-hybridized carbons (Fsp3) is 0.538. The van der Waals surface area contributed by atoms with Gasteiger partial charge in [-0.2, -0.15) is 0 Å². The maximum absolute atomic E-state index is 6.02. The molecule has 1 aromatic carbocycles. The van der Waals surface area contributed by atoms with E-state index in [4.69, 9.17) is 22.2 Å². The third kappa shape index (κ3) is 3.22. The summed E-state index contributed by atoms with van der Waals surface area (Å²) in [5, 5.41) is 0.718. The Labute approximate surface area is 113 Å². The van der Waals surface area contributed by atoms with E-state index in [1.807, 2.05) is 24.3 Å². The number of ether oxygens (including phenoxy) is 1. The Morgan fingerprint density at radius 2 is 2.44 bits per heavy atom. The summed E-state index contributed by atoms with van der Waals surface area (Å²) in [5.41, 5.74) is 3.91. The summed E-state index contributed by atoms with van der Waals surface area (Å²) in [4.78, 5) is 2.36. The Bertz CT molecular complexity index is 388. The Hall–Kier alpha value is -0.650. The van der Waals surface area contributed by atoms with Crippen LogP contribution in [0.5, 0.6) is 0 Å². The van der Waals surface area contributed by atoms with E-state index >= 15 is 0 Å². The van der Waals surface area contributed by atoms with E-state index in [2.05, 4.69) is 17.2 Å². The van der Waals surface area contributed by atoms with Gasteiger partial charge in [-0.05, 0) is 24.2 Å². The zero-order valence-corrected chi connectivity index (χ0v) is 11.4. The van der Waals surface area contributed by atoms with Gasteiger partial charge < -0.3 is 4.74 Å². The Morgan fingerprint density at radius 3 is 3.11 bits per heavy atom. The highest BCUT2D eigenvalue weighted by Crippen LogP contribution is 2.24. The van der Waals surface area contributed by atoms with Gasteiger partial charge in [0.15, 0.2) is 0 Å². The van der Waals surface area contributed by atoms with Gasteiger partial charge in [0.05, 0.1) is 18.8 Å². The molecule has 0 spiro atoms. The second kappa shape index (κ2) is 6.50. The number of hydrazine groups is 1. The molecule has 1 aliphatic heterocycles. The van der Waals surface area contributed by atoms with E-state index in [1.54, 1.807) is 0 Å². The second-order valence-electron chi connectivity index (χ2n) is 4.50. The molecular formula is C13H20ClN3O. The Balaban J connectivity index is 2.12. The van der Waals surface area contributed by atoms with Crippen LogP contribution in [-0.4, -0.2) is 37.2 Å². The maximum Gasteiger partial charge on any atom is 0.0909 e. The lowest BCUT2D eigenvalue weighted by atomic mass is 10.0. The molecule has 1 fully saturated rings. The van der Waals surface area contributed by atoms with E-state index in [-0.39, 0.29) is 12.1 Å². The van der Waals surface area contributed by atoms with Crippen molar-refractivity contribution < 1.29 is 4.74 Å². The van der Waals surface area contributed by atoms with Crippen LogP contribution in [0.3, 0.4) is 0 Å². The number of likely N-dealkylation sites (N-methyl/N-ethyl adjacent to an activating group) is 1. The number of nitrogens with zero attached hydrogens (tertiary/aromatic N) is 1. The Morgan fingerprint density at radius 1 is 1.61 bits per heavy atom. The minimum atomic E-state index is -0.0296. The average molecular weight is 270 g/mol. The summed E-state index contributed by atoms with van der Waals surface area (Å²) >= 11 is 6.02. The van der Waals surface area contributed by atoms with E-state index in [0.29, 0.717) is 0 Å². The summed E-state index contributed by atoms with van der Waals surface area (Å²) in [5.74, 6) is 5.68.